The molecule has 2 aromatic carbocycles. The van der Waals surface area contributed by atoms with E-state index in [0.29, 0.717) is 23.4 Å². The van der Waals surface area contributed by atoms with Crippen LogP contribution in [0.4, 0.5) is 0 Å². The molecule has 0 amide bonds. The molecule has 3 rings (SSSR count). The second-order valence-electron chi connectivity index (χ2n) is 6.04. The number of aliphatic hydroxyl groups is 1. The summed E-state index contributed by atoms with van der Waals surface area (Å²) < 4.78 is 42.7. The van der Waals surface area contributed by atoms with Crippen molar-refractivity contribution in [3.63, 3.8) is 0 Å². The molecule has 0 bridgehead atoms. The second kappa shape index (κ2) is 7.85. The van der Waals surface area contributed by atoms with Gasteiger partial charge in [0.2, 0.25) is 0 Å². The number of aromatic nitrogens is 1. The number of Topliss-reactive ketones (excluding diaryl/α,β-unsaturated/α-hetero) is 1. The smallest absolute Gasteiger partial charge is 0.169 e. The molecular formula is C21H22ClNO2. The Balaban J connectivity index is 2.19. The first-order valence-electron chi connectivity index (χ1n) is 10.7. The monoisotopic (exact) mass is 360 g/mol. The Morgan fingerprint density at radius 2 is 2.08 bits per heavy atom. The van der Waals surface area contributed by atoms with Crippen molar-refractivity contribution in [2.75, 3.05) is 0 Å². The number of hydrogen-bond donors (Lipinski definition) is 1. The van der Waals surface area contributed by atoms with Crippen LogP contribution in [0.5, 0.6) is 0 Å². The molecule has 4 heteroatoms. The minimum Gasteiger partial charge on any atom is -0.393 e. The van der Waals surface area contributed by atoms with Crippen LogP contribution in [0.3, 0.4) is 0 Å². The maximum absolute atomic E-state index is 13.2. The van der Waals surface area contributed by atoms with Crippen LogP contribution in [-0.4, -0.2) is 21.6 Å². The van der Waals surface area contributed by atoms with Gasteiger partial charge in [-0.05, 0) is 37.4 Å². The van der Waals surface area contributed by atoms with Gasteiger partial charge in [0.1, 0.15) is 0 Å². The molecule has 25 heavy (non-hydrogen) atoms. The van der Waals surface area contributed by atoms with Gasteiger partial charge in [-0.3, -0.25) is 4.79 Å². The Morgan fingerprint density at radius 1 is 1.32 bits per heavy atom. The van der Waals surface area contributed by atoms with Crippen LogP contribution in [0.2, 0.25) is 5.02 Å². The summed E-state index contributed by atoms with van der Waals surface area (Å²) in [7, 11) is 0. The summed E-state index contributed by atoms with van der Waals surface area (Å²) >= 11 is 6.17. The molecule has 1 heterocycles. The normalized spacial score (nSPS) is 15.2. The largest absolute Gasteiger partial charge is 0.393 e. The Morgan fingerprint density at radius 3 is 2.84 bits per heavy atom. The highest BCUT2D eigenvalue weighted by atomic mass is 35.5. The van der Waals surface area contributed by atoms with Crippen LogP contribution in [-0.2, 0) is 13.0 Å². The summed E-state index contributed by atoms with van der Waals surface area (Å²) in [6, 6.07) is 5.40. The number of aliphatic hydroxyl groups excluding tert-OH is 1. The Labute approximate surface area is 159 Å². The molecule has 130 valence electrons. The molecule has 0 radical (unpaired) electrons. The number of fused-ring (bicyclic) bond motifs is 1. The van der Waals surface area contributed by atoms with Crippen molar-refractivity contribution in [3.05, 3.63) is 70.8 Å². The molecular weight excluding hydrogens is 334 g/mol. The first kappa shape index (κ1) is 12.3. The molecule has 1 N–H and O–H groups in total. The molecule has 1 unspecified atom stereocenters. The highest BCUT2D eigenvalue weighted by Gasteiger charge is 2.16. The van der Waals surface area contributed by atoms with Crippen LogP contribution in [0, 0.1) is 0 Å². The van der Waals surface area contributed by atoms with Gasteiger partial charge in [-0.15, -0.1) is 0 Å². The van der Waals surface area contributed by atoms with E-state index in [1.165, 1.54) is 4.57 Å². The standard InChI is InChI=1S/C21H22ClNO2/c1-15(24)7-6-12-23-14-18(17-9-3-5-11-20(17)23)21(25)13-16-8-2-4-10-19(16)22/h2-5,8-11,14-15,24H,6-7,12-13H2,1H3/i3D,5D,9D,11D,14D. The highest BCUT2D eigenvalue weighted by Crippen LogP contribution is 2.25. The lowest BCUT2D eigenvalue weighted by atomic mass is 10.0. The van der Waals surface area contributed by atoms with Crippen molar-refractivity contribution < 1.29 is 16.8 Å². The third-order valence-corrected chi connectivity index (χ3v) is 4.39. The van der Waals surface area contributed by atoms with Crippen molar-refractivity contribution in [1.29, 1.82) is 0 Å². The van der Waals surface area contributed by atoms with Gasteiger partial charge >= 0.3 is 0 Å². The second-order valence-corrected chi connectivity index (χ2v) is 6.45. The topological polar surface area (TPSA) is 42.2 Å². The molecule has 0 fully saturated rings. The lowest BCUT2D eigenvalue weighted by molar-refractivity contribution is 0.0994. The fourth-order valence-electron chi connectivity index (χ4n) is 2.75. The predicted octanol–water partition coefficient (Wildman–Crippen LogP) is 4.88. The zero-order valence-corrected chi connectivity index (χ0v) is 14.7. The summed E-state index contributed by atoms with van der Waals surface area (Å²) in [6.45, 7) is 1.90. The van der Waals surface area contributed by atoms with E-state index >= 15 is 0 Å². The Kier molecular flexibility index (Phi) is 3.86. The quantitative estimate of drug-likeness (QED) is 0.610. The minimum atomic E-state index is -0.531. The van der Waals surface area contributed by atoms with Crippen molar-refractivity contribution in [1.82, 2.24) is 4.57 Å². The van der Waals surface area contributed by atoms with Crippen molar-refractivity contribution in [3.8, 4) is 0 Å². The molecule has 0 aliphatic rings. The average Bonchev–Trinajstić information content (AvgIpc) is 2.99. The third-order valence-electron chi connectivity index (χ3n) is 4.03. The summed E-state index contributed by atoms with van der Waals surface area (Å²) in [4.78, 5) is 13.2. The van der Waals surface area contributed by atoms with E-state index in [0.717, 1.165) is 0 Å². The maximum atomic E-state index is 13.2. The van der Waals surface area contributed by atoms with Crippen LogP contribution in [0.15, 0.2) is 54.6 Å². The molecule has 0 spiro atoms. The fraction of sp³-hybridized carbons (Fsp3) is 0.286. The zero-order chi connectivity index (χ0) is 22.2. The van der Waals surface area contributed by atoms with Gasteiger partial charge in [-0.2, -0.15) is 0 Å². The molecule has 3 aromatic rings. The zero-order valence-electron chi connectivity index (χ0n) is 18.9. The molecule has 0 saturated carbocycles. The number of halogens is 1. The highest BCUT2D eigenvalue weighted by molar-refractivity contribution is 6.31. The molecule has 0 saturated heterocycles. The van der Waals surface area contributed by atoms with E-state index in [-0.39, 0.29) is 47.7 Å². The van der Waals surface area contributed by atoms with Gasteiger partial charge in [-0.25, -0.2) is 0 Å². The van der Waals surface area contributed by atoms with Crippen LogP contribution < -0.4 is 0 Å². The van der Waals surface area contributed by atoms with E-state index in [1.807, 2.05) is 0 Å². The van der Waals surface area contributed by atoms with Gasteiger partial charge in [-0.1, -0.05) is 47.9 Å². The molecule has 0 aliphatic heterocycles. The van der Waals surface area contributed by atoms with Crippen molar-refractivity contribution in [2.45, 2.75) is 38.8 Å². The number of carbonyl (C=O) groups is 1. The maximum Gasteiger partial charge on any atom is 0.169 e. The lowest BCUT2D eigenvalue weighted by Gasteiger charge is -2.06. The first-order valence-corrected chi connectivity index (χ1v) is 8.56. The van der Waals surface area contributed by atoms with Gasteiger partial charge in [0.05, 0.1) is 13.0 Å². The van der Waals surface area contributed by atoms with Gasteiger partial charge in [0, 0.05) is 40.6 Å². The first-order chi connectivity index (χ1) is 14.1. The summed E-state index contributed by atoms with van der Waals surface area (Å²) in [5.41, 5.74) is 0.687. The number of carbonyl (C=O) groups excluding carboxylic acids is 1. The number of nitrogens with zero attached hydrogens (tertiary/aromatic N) is 1. The van der Waals surface area contributed by atoms with E-state index in [9.17, 15) is 9.90 Å². The molecule has 1 atom stereocenters. The molecule has 1 aromatic heterocycles. The number of ketones is 1. The Bertz CT molecular complexity index is 1130. The summed E-state index contributed by atoms with van der Waals surface area (Å²) in [5.74, 6) is -0.433. The number of aryl methyl sites for hydroxylation is 1. The Hall–Kier alpha value is -2.10. The lowest BCUT2D eigenvalue weighted by Crippen LogP contribution is -2.05. The number of rotatable bonds is 7. The van der Waals surface area contributed by atoms with E-state index in [2.05, 4.69) is 0 Å². The number of hydrogen-bond acceptors (Lipinski definition) is 2. The van der Waals surface area contributed by atoms with Gasteiger partial charge < -0.3 is 9.67 Å². The number of benzene rings is 2. The molecule has 0 aliphatic carbocycles. The van der Waals surface area contributed by atoms with E-state index in [1.54, 1.807) is 31.2 Å². The van der Waals surface area contributed by atoms with Crippen molar-refractivity contribution >= 4 is 28.3 Å². The van der Waals surface area contributed by atoms with Crippen LogP contribution in [0.1, 0.15) is 42.5 Å². The van der Waals surface area contributed by atoms with E-state index in [4.69, 9.17) is 18.5 Å². The van der Waals surface area contributed by atoms with E-state index < -0.39 is 24.0 Å². The summed E-state index contributed by atoms with van der Waals surface area (Å²) in [5, 5.41) is 10.0. The van der Waals surface area contributed by atoms with Crippen LogP contribution in [0.25, 0.3) is 10.9 Å². The van der Waals surface area contributed by atoms with Gasteiger partial charge in [0.25, 0.3) is 0 Å². The predicted molar refractivity (Wildman–Crippen MR) is 102 cm³/mol. The molecule has 3 nitrogen and oxygen atoms in total. The van der Waals surface area contributed by atoms with Crippen LogP contribution >= 0.6 is 11.6 Å². The fourth-order valence-corrected chi connectivity index (χ4v) is 2.96. The SMILES string of the molecule is [2H]c1c([2H])c([2H])c2c(c1[2H])c(C(=O)Cc1ccccc1Cl)c([2H])n2CCCC(C)O. The number of para-hydroxylation sites is 1. The van der Waals surface area contributed by atoms with Crippen molar-refractivity contribution in [2.24, 2.45) is 0 Å². The third kappa shape index (κ3) is 4.12. The minimum absolute atomic E-state index is 0.0334. The summed E-state index contributed by atoms with van der Waals surface area (Å²) in [6.07, 6.45) is 0.193. The average molecular weight is 361 g/mol. The van der Waals surface area contributed by atoms with Gasteiger partial charge in [0.15, 0.2) is 5.78 Å².